The van der Waals surface area contributed by atoms with Gasteiger partial charge in [-0.25, -0.2) is 13.2 Å². The number of sulfonamides is 1. The average molecular weight is 376 g/mol. The Hall–Kier alpha value is -2.87. The molecule has 0 heterocycles. The minimum Gasteiger partial charge on any atom is -0.449 e. The maximum absolute atomic E-state index is 12.3. The average Bonchev–Trinajstić information content (AvgIpc) is 2.53. The SMILES string of the molecule is Cc1cccc(NC(=O)[C@@H](C)OC(=O)c2ccccc2NS(C)(=O)=O)c1. The Bertz CT molecular complexity index is 925. The van der Waals surface area contributed by atoms with Gasteiger partial charge in [0.2, 0.25) is 10.0 Å². The van der Waals surface area contributed by atoms with Gasteiger partial charge < -0.3 is 10.1 Å². The molecule has 0 unspecified atom stereocenters. The van der Waals surface area contributed by atoms with Gasteiger partial charge in [-0.05, 0) is 43.7 Å². The Morgan fingerprint density at radius 3 is 2.42 bits per heavy atom. The third-order valence-electron chi connectivity index (χ3n) is 3.38. The van der Waals surface area contributed by atoms with E-state index in [1.807, 2.05) is 13.0 Å². The van der Waals surface area contributed by atoms with Crippen molar-refractivity contribution in [1.82, 2.24) is 0 Å². The molecule has 0 aliphatic heterocycles. The summed E-state index contributed by atoms with van der Waals surface area (Å²) < 4.78 is 30.2. The van der Waals surface area contributed by atoms with Gasteiger partial charge in [0.1, 0.15) is 0 Å². The second-order valence-electron chi connectivity index (χ2n) is 5.83. The van der Waals surface area contributed by atoms with Crippen LogP contribution in [0.25, 0.3) is 0 Å². The number of nitrogens with one attached hydrogen (secondary N) is 2. The summed E-state index contributed by atoms with van der Waals surface area (Å²) in [5.74, 6) is -1.29. The summed E-state index contributed by atoms with van der Waals surface area (Å²) >= 11 is 0. The summed E-state index contributed by atoms with van der Waals surface area (Å²) in [5, 5.41) is 2.66. The maximum atomic E-state index is 12.3. The first kappa shape index (κ1) is 19.5. The molecule has 138 valence electrons. The van der Waals surface area contributed by atoms with Crippen molar-refractivity contribution >= 4 is 33.3 Å². The minimum absolute atomic E-state index is 0.0214. The van der Waals surface area contributed by atoms with Crippen molar-refractivity contribution in [2.45, 2.75) is 20.0 Å². The number of hydrogen-bond donors (Lipinski definition) is 2. The van der Waals surface area contributed by atoms with Gasteiger partial charge in [-0.2, -0.15) is 0 Å². The monoisotopic (exact) mass is 376 g/mol. The number of amides is 1. The number of anilines is 2. The molecule has 1 atom stereocenters. The van der Waals surface area contributed by atoms with Crippen LogP contribution in [-0.2, 0) is 19.6 Å². The Balaban J connectivity index is 2.08. The predicted octanol–water partition coefficient (Wildman–Crippen LogP) is 2.55. The van der Waals surface area contributed by atoms with E-state index in [0.29, 0.717) is 5.69 Å². The fourth-order valence-corrected chi connectivity index (χ4v) is 2.77. The molecule has 0 aliphatic rings. The highest BCUT2D eigenvalue weighted by atomic mass is 32.2. The summed E-state index contributed by atoms with van der Waals surface area (Å²) in [6.45, 7) is 3.33. The van der Waals surface area contributed by atoms with Gasteiger partial charge in [0.25, 0.3) is 5.91 Å². The quantitative estimate of drug-likeness (QED) is 0.755. The number of benzene rings is 2. The van der Waals surface area contributed by atoms with Crippen molar-refractivity contribution in [2.75, 3.05) is 16.3 Å². The third-order valence-corrected chi connectivity index (χ3v) is 3.97. The van der Waals surface area contributed by atoms with E-state index in [9.17, 15) is 18.0 Å². The number of rotatable bonds is 6. The lowest BCUT2D eigenvalue weighted by Gasteiger charge is -2.15. The van der Waals surface area contributed by atoms with E-state index in [2.05, 4.69) is 10.0 Å². The highest BCUT2D eigenvalue weighted by molar-refractivity contribution is 7.92. The predicted molar refractivity (Wildman–Crippen MR) is 99.6 cm³/mol. The van der Waals surface area contributed by atoms with E-state index in [1.165, 1.54) is 19.1 Å². The van der Waals surface area contributed by atoms with Crippen LogP contribution in [0.4, 0.5) is 11.4 Å². The van der Waals surface area contributed by atoms with Crippen molar-refractivity contribution in [1.29, 1.82) is 0 Å². The molecule has 0 saturated carbocycles. The maximum Gasteiger partial charge on any atom is 0.341 e. The van der Waals surface area contributed by atoms with E-state index in [-0.39, 0.29) is 11.3 Å². The molecule has 0 bridgehead atoms. The summed E-state index contributed by atoms with van der Waals surface area (Å²) in [5.41, 5.74) is 1.68. The molecule has 0 aromatic heterocycles. The highest BCUT2D eigenvalue weighted by Gasteiger charge is 2.21. The molecule has 2 rings (SSSR count). The zero-order valence-electron chi connectivity index (χ0n) is 14.6. The minimum atomic E-state index is -3.56. The van der Waals surface area contributed by atoms with Crippen LogP contribution in [0.2, 0.25) is 0 Å². The van der Waals surface area contributed by atoms with Crippen molar-refractivity contribution in [3.8, 4) is 0 Å². The highest BCUT2D eigenvalue weighted by Crippen LogP contribution is 2.18. The van der Waals surface area contributed by atoms with Gasteiger partial charge in [0, 0.05) is 5.69 Å². The summed E-state index contributed by atoms with van der Waals surface area (Å²) in [7, 11) is -3.56. The number of para-hydroxylation sites is 1. The first-order chi connectivity index (χ1) is 12.2. The zero-order valence-corrected chi connectivity index (χ0v) is 15.5. The van der Waals surface area contributed by atoms with Crippen LogP contribution in [0.1, 0.15) is 22.8 Å². The molecule has 2 N–H and O–H groups in total. The van der Waals surface area contributed by atoms with E-state index in [4.69, 9.17) is 4.74 Å². The molecule has 7 nitrogen and oxygen atoms in total. The van der Waals surface area contributed by atoms with Crippen LogP contribution in [0.3, 0.4) is 0 Å². The largest absolute Gasteiger partial charge is 0.449 e. The Labute approximate surface area is 152 Å². The van der Waals surface area contributed by atoms with Gasteiger partial charge in [0.05, 0.1) is 17.5 Å². The molecule has 0 radical (unpaired) electrons. The van der Waals surface area contributed by atoms with E-state index >= 15 is 0 Å². The molecule has 0 saturated heterocycles. The van der Waals surface area contributed by atoms with E-state index < -0.39 is 28.0 Å². The first-order valence-electron chi connectivity index (χ1n) is 7.81. The fraction of sp³-hybridized carbons (Fsp3) is 0.222. The topological polar surface area (TPSA) is 102 Å². The van der Waals surface area contributed by atoms with Crippen LogP contribution in [0.15, 0.2) is 48.5 Å². The fourth-order valence-electron chi connectivity index (χ4n) is 2.19. The summed E-state index contributed by atoms with van der Waals surface area (Å²) in [6, 6.07) is 13.2. The summed E-state index contributed by atoms with van der Waals surface area (Å²) in [6.07, 6.45) is -0.0816. The molecule has 0 spiro atoms. The molecule has 0 aliphatic carbocycles. The number of hydrogen-bond acceptors (Lipinski definition) is 5. The molecule has 2 aromatic carbocycles. The first-order valence-corrected chi connectivity index (χ1v) is 9.70. The lowest BCUT2D eigenvalue weighted by Crippen LogP contribution is -2.30. The van der Waals surface area contributed by atoms with Gasteiger partial charge in [-0.15, -0.1) is 0 Å². The molecular formula is C18H20N2O5S. The molecule has 8 heteroatoms. The van der Waals surface area contributed by atoms with Gasteiger partial charge in [-0.1, -0.05) is 24.3 Å². The molecule has 0 fully saturated rings. The van der Waals surface area contributed by atoms with E-state index in [1.54, 1.807) is 30.3 Å². The lowest BCUT2D eigenvalue weighted by molar-refractivity contribution is -0.123. The van der Waals surface area contributed by atoms with Crippen LogP contribution >= 0.6 is 0 Å². The van der Waals surface area contributed by atoms with Crippen LogP contribution < -0.4 is 10.0 Å². The number of esters is 1. The Morgan fingerprint density at radius 2 is 1.77 bits per heavy atom. The number of carbonyl (C=O) groups excluding carboxylic acids is 2. The molecule has 1 amide bonds. The van der Waals surface area contributed by atoms with Crippen molar-refractivity contribution in [3.63, 3.8) is 0 Å². The second kappa shape index (κ2) is 8.01. The number of ether oxygens (including phenoxy) is 1. The van der Waals surface area contributed by atoms with E-state index in [0.717, 1.165) is 11.8 Å². The second-order valence-corrected chi connectivity index (χ2v) is 7.57. The third kappa shape index (κ3) is 5.59. The normalized spacial score (nSPS) is 12.1. The van der Waals surface area contributed by atoms with Crippen LogP contribution in [0, 0.1) is 6.92 Å². The molecule has 2 aromatic rings. The van der Waals surface area contributed by atoms with Gasteiger partial charge >= 0.3 is 5.97 Å². The van der Waals surface area contributed by atoms with Crippen molar-refractivity contribution < 1.29 is 22.7 Å². The number of carbonyl (C=O) groups is 2. The lowest BCUT2D eigenvalue weighted by atomic mass is 10.2. The standard InChI is InChI=1S/C18H20N2O5S/c1-12-7-6-8-14(11-12)19-17(21)13(2)25-18(22)15-9-4-5-10-16(15)20-26(3,23)24/h4-11,13,20H,1-3H3,(H,19,21)/t13-/m1/s1. The smallest absolute Gasteiger partial charge is 0.341 e. The van der Waals surface area contributed by atoms with Gasteiger partial charge in [-0.3, -0.25) is 9.52 Å². The van der Waals surface area contributed by atoms with Crippen LogP contribution in [0.5, 0.6) is 0 Å². The molecular weight excluding hydrogens is 356 g/mol. The summed E-state index contributed by atoms with van der Waals surface area (Å²) in [4.78, 5) is 24.5. The van der Waals surface area contributed by atoms with Crippen molar-refractivity contribution in [2.24, 2.45) is 0 Å². The van der Waals surface area contributed by atoms with Gasteiger partial charge in [0.15, 0.2) is 6.10 Å². The van der Waals surface area contributed by atoms with Crippen LogP contribution in [-0.4, -0.2) is 32.7 Å². The zero-order chi connectivity index (χ0) is 19.3. The Morgan fingerprint density at radius 1 is 1.08 bits per heavy atom. The van der Waals surface area contributed by atoms with Crippen molar-refractivity contribution in [3.05, 3.63) is 59.7 Å². The number of aryl methyl sites for hydroxylation is 1. The Kier molecular flexibility index (Phi) is 5.99. The molecule has 26 heavy (non-hydrogen) atoms.